The molecule has 2 aliphatic carbocycles. The fourth-order valence-electron chi connectivity index (χ4n) is 7.21. The van der Waals surface area contributed by atoms with Crippen molar-refractivity contribution in [2.75, 3.05) is 4.90 Å². The largest absolute Gasteiger partial charge is 0.310 e. The second kappa shape index (κ2) is 8.07. The highest BCUT2D eigenvalue weighted by atomic mass is 15.1. The minimum Gasteiger partial charge on any atom is -0.310 e. The van der Waals surface area contributed by atoms with Crippen molar-refractivity contribution in [1.82, 2.24) is 0 Å². The summed E-state index contributed by atoms with van der Waals surface area (Å²) in [5, 5.41) is 7.75. The molecule has 0 atom stereocenters. The van der Waals surface area contributed by atoms with E-state index in [0.29, 0.717) is 0 Å². The fraction of sp³-hybridized carbons (Fsp3) is 0.0769. The summed E-state index contributed by atoms with van der Waals surface area (Å²) in [5.74, 6) is 0. The summed E-state index contributed by atoms with van der Waals surface area (Å²) in [6.45, 7) is 0. The molecule has 0 radical (unpaired) electrons. The molecule has 0 saturated heterocycles. The van der Waals surface area contributed by atoms with E-state index in [9.17, 15) is 0 Å². The van der Waals surface area contributed by atoms with E-state index in [-0.39, 0.29) is 5.41 Å². The first kappa shape index (κ1) is 22.0. The van der Waals surface area contributed by atoms with Crippen LogP contribution in [-0.2, 0) is 5.41 Å². The van der Waals surface area contributed by atoms with Crippen molar-refractivity contribution in [3.8, 4) is 11.1 Å². The Morgan fingerprint density at radius 2 is 1.05 bits per heavy atom. The molecule has 0 aromatic heterocycles. The zero-order valence-corrected chi connectivity index (χ0v) is 22.1. The third kappa shape index (κ3) is 3.03. The van der Waals surface area contributed by atoms with E-state index in [0.717, 1.165) is 0 Å². The molecule has 1 spiro atoms. The number of fused-ring (bicyclic) bond motifs is 6. The molecular weight excluding hydrogens is 482 g/mol. The topological polar surface area (TPSA) is 3.24 Å². The van der Waals surface area contributed by atoms with Gasteiger partial charge in [0, 0.05) is 22.2 Å². The minimum atomic E-state index is 0.165. The van der Waals surface area contributed by atoms with Gasteiger partial charge < -0.3 is 4.90 Å². The van der Waals surface area contributed by atoms with E-state index in [1.165, 1.54) is 84.5 Å². The van der Waals surface area contributed by atoms with Crippen LogP contribution >= 0.6 is 0 Å². The summed E-state index contributed by atoms with van der Waals surface area (Å²) in [5.41, 5.74) is 9.50. The van der Waals surface area contributed by atoms with Gasteiger partial charge in [-0.05, 0) is 92.4 Å². The van der Waals surface area contributed by atoms with E-state index in [1.54, 1.807) is 0 Å². The van der Waals surface area contributed by atoms with Gasteiger partial charge in [0.25, 0.3) is 0 Å². The molecule has 1 saturated carbocycles. The maximum atomic E-state index is 2.46. The van der Waals surface area contributed by atoms with Crippen molar-refractivity contribution in [2.24, 2.45) is 0 Å². The third-order valence-corrected chi connectivity index (χ3v) is 9.24. The minimum absolute atomic E-state index is 0.165. The molecule has 1 fully saturated rings. The zero-order chi connectivity index (χ0) is 26.3. The summed E-state index contributed by atoms with van der Waals surface area (Å²) in [7, 11) is 0. The summed E-state index contributed by atoms with van der Waals surface area (Å²) in [4.78, 5) is 2.46. The van der Waals surface area contributed by atoms with Crippen molar-refractivity contribution < 1.29 is 0 Å². The Bertz CT molecular complexity index is 2050. The van der Waals surface area contributed by atoms with Crippen molar-refractivity contribution in [2.45, 2.75) is 18.3 Å². The first-order valence-corrected chi connectivity index (χ1v) is 14.2. The lowest BCUT2D eigenvalue weighted by Crippen LogP contribution is -2.17. The van der Waals surface area contributed by atoms with E-state index in [4.69, 9.17) is 0 Å². The Hall–Kier alpha value is -4.88. The van der Waals surface area contributed by atoms with Gasteiger partial charge in [-0.25, -0.2) is 0 Å². The van der Waals surface area contributed by atoms with E-state index >= 15 is 0 Å². The first-order valence-electron chi connectivity index (χ1n) is 14.2. The van der Waals surface area contributed by atoms with Crippen molar-refractivity contribution in [3.05, 3.63) is 151 Å². The molecule has 7 aromatic rings. The molecule has 0 heterocycles. The number of benzene rings is 7. The number of nitrogens with zero attached hydrogens (tertiary/aromatic N) is 1. The van der Waals surface area contributed by atoms with E-state index in [1.807, 2.05) is 0 Å². The Morgan fingerprint density at radius 3 is 1.73 bits per heavy atom. The lowest BCUT2D eigenvalue weighted by molar-refractivity contribution is 0.853. The van der Waals surface area contributed by atoms with Crippen LogP contribution in [0.25, 0.3) is 43.4 Å². The van der Waals surface area contributed by atoms with Crippen LogP contribution in [0.2, 0.25) is 0 Å². The van der Waals surface area contributed by atoms with Gasteiger partial charge in [0.1, 0.15) is 0 Å². The summed E-state index contributed by atoms with van der Waals surface area (Å²) < 4.78 is 0. The second-order valence-corrected chi connectivity index (χ2v) is 11.4. The first-order chi connectivity index (χ1) is 19.8. The van der Waals surface area contributed by atoms with Crippen LogP contribution in [-0.4, -0.2) is 0 Å². The summed E-state index contributed by atoms with van der Waals surface area (Å²) in [6.07, 6.45) is 2.46. The van der Waals surface area contributed by atoms with Gasteiger partial charge in [0.15, 0.2) is 0 Å². The predicted octanol–water partition coefficient (Wildman–Crippen LogP) is 10.7. The van der Waals surface area contributed by atoms with Gasteiger partial charge in [0.2, 0.25) is 0 Å². The number of hydrogen-bond acceptors (Lipinski definition) is 1. The normalized spacial score (nSPS) is 14.5. The molecule has 0 bridgehead atoms. The highest BCUT2D eigenvalue weighted by Crippen LogP contribution is 2.62. The molecule has 0 aliphatic heterocycles. The highest BCUT2D eigenvalue weighted by Gasteiger charge is 2.50. The predicted molar refractivity (Wildman–Crippen MR) is 169 cm³/mol. The average molecular weight is 510 g/mol. The van der Waals surface area contributed by atoms with E-state index < -0.39 is 0 Å². The molecule has 0 unspecified atom stereocenters. The van der Waals surface area contributed by atoms with E-state index in [2.05, 4.69) is 144 Å². The maximum Gasteiger partial charge on any atom is 0.0540 e. The smallest absolute Gasteiger partial charge is 0.0540 e. The molecule has 7 aromatic carbocycles. The molecule has 0 amide bonds. The van der Waals surface area contributed by atoms with Crippen LogP contribution in [0.5, 0.6) is 0 Å². The van der Waals surface area contributed by atoms with Crippen LogP contribution < -0.4 is 4.90 Å². The van der Waals surface area contributed by atoms with Crippen LogP contribution in [0.3, 0.4) is 0 Å². The second-order valence-electron chi connectivity index (χ2n) is 11.4. The van der Waals surface area contributed by atoms with Crippen molar-refractivity contribution in [1.29, 1.82) is 0 Å². The zero-order valence-electron chi connectivity index (χ0n) is 22.1. The summed E-state index contributed by atoms with van der Waals surface area (Å²) >= 11 is 0. The van der Waals surface area contributed by atoms with Crippen molar-refractivity contribution in [3.63, 3.8) is 0 Å². The van der Waals surface area contributed by atoms with Crippen LogP contribution in [0, 0.1) is 0 Å². The summed E-state index contributed by atoms with van der Waals surface area (Å²) in [6, 6.07) is 51.8. The molecular formula is C39H27N. The standard InChI is InChI=1S/C39H27N/c1-3-10-28-24-30(18-16-26(28)8-1)40(31-19-17-27-9-2-4-11-29(27)25-31)37-21-20-36-38-33(13-7-14-34(37)38)32-12-5-6-15-35(32)39(36)22-23-39/h1-21,24-25H,22-23H2. The van der Waals surface area contributed by atoms with Crippen LogP contribution in [0.4, 0.5) is 17.1 Å². The SMILES string of the molecule is c1ccc2c(c1)-c1cccc3c(N(c4ccc5ccccc5c4)c4ccc5ccccc5c4)ccc(c13)C21CC1. The number of hydrogen-bond donors (Lipinski definition) is 0. The lowest BCUT2D eigenvalue weighted by atomic mass is 9.74. The molecule has 0 N–H and O–H groups in total. The highest BCUT2D eigenvalue weighted by molar-refractivity contribution is 6.11. The number of rotatable bonds is 3. The maximum absolute atomic E-state index is 2.46. The third-order valence-electron chi connectivity index (χ3n) is 9.24. The van der Waals surface area contributed by atoms with Gasteiger partial charge >= 0.3 is 0 Å². The molecule has 188 valence electrons. The monoisotopic (exact) mass is 509 g/mol. The van der Waals surface area contributed by atoms with Gasteiger partial charge in [0.05, 0.1) is 5.69 Å². The van der Waals surface area contributed by atoms with Crippen LogP contribution in [0.1, 0.15) is 24.0 Å². The Labute approximate surface area is 233 Å². The Balaban J connectivity index is 1.35. The van der Waals surface area contributed by atoms with Gasteiger partial charge in [-0.15, -0.1) is 0 Å². The fourth-order valence-corrected chi connectivity index (χ4v) is 7.21. The molecule has 40 heavy (non-hydrogen) atoms. The van der Waals surface area contributed by atoms with Crippen LogP contribution in [0.15, 0.2) is 140 Å². The molecule has 2 aliphatic rings. The van der Waals surface area contributed by atoms with Gasteiger partial charge in [-0.3, -0.25) is 0 Å². The lowest BCUT2D eigenvalue weighted by Gasteiger charge is -2.32. The quantitative estimate of drug-likeness (QED) is 0.229. The van der Waals surface area contributed by atoms with Gasteiger partial charge in [-0.1, -0.05) is 109 Å². The Morgan fingerprint density at radius 1 is 0.450 bits per heavy atom. The van der Waals surface area contributed by atoms with Gasteiger partial charge in [-0.2, -0.15) is 0 Å². The molecule has 1 nitrogen and oxygen atoms in total. The average Bonchev–Trinajstić information content (AvgIpc) is 3.82. The Kier molecular flexibility index (Phi) is 4.43. The number of anilines is 3. The van der Waals surface area contributed by atoms with Crippen molar-refractivity contribution >= 4 is 49.4 Å². The molecule has 9 rings (SSSR count). The molecule has 1 heteroatoms.